The molecule has 2 rings (SSSR count). The van der Waals surface area contributed by atoms with Crippen LogP contribution in [0.3, 0.4) is 0 Å². The third-order valence-corrected chi connectivity index (χ3v) is 5.02. The van der Waals surface area contributed by atoms with Gasteiger partial charge in [-0.2, -0.15) is 0 Å². The molecule has 1 aliphatic heterocycles. The normalized spacial score (nSPS) is 19.3. The molecule has 0 radical (unpaired) electrons. The molecule has 0 aliphatic carbocycles. The predicted molar refractivity (Wildman–Crippen MR) is 102 cm³/mol. The van der Waals surface area contributed by atoms with E-state index in [4.69, 9.17) is 0 Å². The van der Waals surface area contributed by atoms with Crippen molar-refractivity contribution in [3.05, 3.63) is 29.8 Å². The van der Waals surface area contributed by atoms with Crippen molar-refractivity contribution in [1.82, 2.24) is 9.80 Å². The van der Waals surface area contributed by atoms with Crippen LogP contribution >= 0.6 is 0 Å². The van der Waals surface area contributed by atoms with Crippen LogP contribution in [0.4, 0.5) is 5.69 Å². The highest BCUT2D eigenvalue weighted by Crippen LogP contribution is 2.19. The van der Waals surface area contributed by atoms with E-state index in [1.807, 2.05) is 31.2 Å². The van der Waals surface area contributed by atoms with Crippen LogP contribution in [0.1, 0.15) is 39.2 Å². The number of nitrogens with one attached hydrogen (secondary N) is 1. The number of likely N-dealkylation sites (N-methyl/N-ethyl adjacent to an activating group) is 1. The van der Waals surface area contributed by atoms with Crippen LogP contribution in [0, 0.1) is 5.92 Å². The van der Waals surface area contributed by atoms with Crippen LogP contribution in [-0.2, 0) is 16.0 Å². The molecule has 138 valence electrons. The Morgan fingerprint density at radius 3 is 2.76 bits per heavy atom. The summed E-state index contributed by atoms with van der Waals surface area (Å²) in [7, 11) is 1.71. The van der Waals surface area contributed by atoms with E-state index in [1.54, 1.807) is 7.05 Å². The van der Waals surface area contributed by atoms with Crippen LogP contribution in [0.25, 0.3) is 0 Å². The van der Waals surface area contributed by atoms with Gasteiger partial charge in [-0.3, -0.25) is 14.5 Å². The highest BCUT2D eigenvalue weighted by Gasteiger charge is 2.28. The third-order valence-electron chi connectivity index (χ3n) is 5.02. The number of aryl methyl sites for hydroxylation is 1. The maximum atomic E-state index is 12.7. The summed E-state index contributed by atoms with van der Waals surface area (Å²) in [4.78, 5) is 28.8. The van der Waals surface area contributed by atoms with Gasteiger partial charge in [0.2, 0.25) is 11.8 Å². The van der Waals surface area contributed by atoms with Gasteiger partial charge >= 0.3 is 0 Å². The SMILES string of the molecule is CCc1ccccc1NC(=O)CN(C)C(=O)[C@@H](C)N1CCC[C@@H](C)C1. The Labute approximate surface area is 151 Å². The van der Waals surface area contributed by atoms with Crippen LogP contribution in [0.2, 0.25) is 0 Å². The summed E-state index contributed by atoms with van der Waals surface area (Å²) in [6, 6.07) is 7.60. The number of anilines is 1. The number of piperidine rings is 1. The second-order valence-electron chi connectivity index (χ2n) is 7.17. The van der Waals surface area contributed by atoms with Gasteiger partial charge in [-0.25, -0.2) is 0 Å². The van der Waals surface area contributed by atoms with E-state index < -0.39 is 0 Å². The minimum absolute atomic E-state index is 0.00743. The quantitative estimate of drug-likeness (QED) is 0.862. The lowest BCUT2D eigenvalue weighted by atomic mass is 9.99. The van der Waals surface area contributed by atoms with Crippen LogP contribution in [0.5, 0.6) is 0 Å². The molecule has 1 aromatic rings. The molecular formula is C20H31N3O2. The summed E-state index contributed by atoms with van der Waals surface area (Å²) < 4.78 is 0. The van der Waals surface area contributed by atoms with E-state index in [0.717, 1.165) is 37.2 Å². The lowest BCUT2D eigenvalue weighted by Crippen LogP contribution is -2.50. The van der Waals surface area contributed by atoms with Gasteiger partial charge in [0.25, 0.3) is 0 Å². The fourth-order valence-electron chi connectivity index (χ4n) is 3.49. The number of hydrogen-bond donors (Lipinski definition) is 1. The van der Waals surface area contributed by atoms with Crippen molar-refractivity contribution in [2.24, 2.45) is 5.92 Å². The Morgan fingerprint density at radius 1 is 1.36 bits per heavy atom. The van der Waals surface area contributed by atoms with Crippen molar-refractivity contribution in [2.75, 3.05) is 32.0 Å². The number of carbonyl (C=O) groups excluding carboxylic acids is 2. The number of rotatable bonds is 6. The molecule has 5 nitrogen and oxygen atoms in total. The molecule has 2 amide bonds. The maximum absolute atomic E-state index is 12.7. The number of nitrogens with zero attached hydrogens (tertiary/aromatic N) is 2. The van der Waals surface area contributed by atoms with Gasteiger partial charge in [0, 0.05) is 19.3 Å². The van der Waals surface area contributed by atoms with E-state index in [9.17, 15) is 9.59 Å². The molecule has 0 aromatic heterocycles. The predicted octanol–water partition coefficient (Wildman–Crippen LogP) is 2.77. The molecule has 0 spiro atoms. The standard InChI is InChI=1S/C20H31N3O2/c1-5-17-10-6-7-11-18(17)21-19(24)14-22(4)20(25)16(3)23-12-8-9-15(2)13-23/h6-7,10-11,15-16H,5,8-9,12-14H2,1-4H3,(H,21,24)/t15-,16-/m1/s1. The average Bonchev–Trinajstić information content (AvgIpc) is 2.60. The number of carbonyl (C=O) groups is 2. The van der Waals surface area contributed by atoms with E-state index >= 15 is 0 Å². The van der Waals surface area contributed by atoms with Crippen molar-refractivity contribution in [2.45, 2.75) is 46.1 Å². The van der Waals surface area contributed by atoms with Crippen LogP contribution in [-0.4, -0.2) is 54.3 Å². The summed E-state index contributed by atoms with van der Waals surface area (Å²) in [5.74, 6) is 0.479. The number of benzene rings is 1. The second kappa shape index (κ2) is 8.99. The van der Waals surface area contributed by atoms with Crippen molar-refractivity contribution < 1.29 is 9.59 Å². The third kappa shape index (κ3) is 5.30. The Balaban J connectivity index is 1.90. The van der Waals surface area contributed by atoms with Gasteiger partial charge in [-0.05, 0) is 50.3 Å². The fraction of sp³-hybridized carbons (Fsp3) is 0.600. The zero-order valence-corrected chi connectivity index (χ0v) is 15.9. The van der Waals surface area contributed by atoms with E-state index in [0.29, 0.717) is 5.92 Å². The molecule has 1 heterocycles. The number of amides is 2. The van der Waals surface area contributed by atoms with Crippen molar-refractivity contribution in [1.29, 1.82) is 0 Å². The highest BCUT2D eigenvalue weighted by atomic mass is 16.2. The minimum atomic E-state index is -0.177. The first kappa shape index (κ1) is 19.4. The highest BCUT2D eigenvalue weighted by molar-refractivity contribution is 5.95. The zero-order valence-electron chi connectivity index (χ0n) is 15.9. The largest absolute Gasteiger partial charge is 0.335 e. The Morgan fingerprint density at radius 2 is 2.08 bits per heavy atom. The number of likely N-dealkylation sites (tertiary alicyclic amines) is 1. The fourth-order valence-corrected chi connectivity index (χ4v) is 3.49. The Kier molecular flexibility index (Phi) is 7.00. The van der Waals surface area contributed by atoms with Gasteiger partial charge in [-0.15, -0.1) is 0 Å². The summed E-state index contributed by atoms with van der Waals surface area (Å²) in [5, 5.41) is 2.93. The van der Waals surface area contributed by atoms with Crippen LogP contribution < -0.4 is 5.32 Å². The van der Waals surface area contributed by atoms with Gasteiger partial charge in [0.1, 0.15) is 0 Å². The molecule has 0 bridgehead atoms. The smallest absolute Gasteiger partial charge is 0.243 e. The molecule has 0 unspecified atom stereocenters. The summed E-state index contributed by atoms with van der Waals surface area (Å²) in [6.45, 7) is 8.22. The van der Waals surface area contributed by atoms with Gasteiger partial charge in [0.05, 0.1) is 12.6 Å². The number of para-hydroxylation sites is 1. The van der Waals surface area contributed by atoms with Crippen molar-refractivity contribution >= 4 is 17.5 Å². The summed E-state index contributed by atoms with van der Waals surface area (Å²) in [5.41, 5.74) is 1.93. The molecule has 1 aromatic carbocycles. The first-order chi connectivity index (χ1) is 11.9. The number of hydrogen-bond acceptors (Lipinski definition) is 3. The second-order valence-corrected chi connectivity index (χ2v) is 7.17. The monoisotopic (exact) mass is 345 g/mol. The topological polar surface area (TPSA) is 52.7 Å². The average molecular weight is 345 g/mol. The first-order valence-corrected chi connectivity index (χ1v) is 9.29. The summed E-state index contributed by atoms with van der Waals surface area (Å²) >= 11 is 0. The van der Waals surface area contributed by atoms with E-state index in [1.165, 1.54) is 11.3 Å². The minimum Gasteiger partial charge on any atom is -0.335 e. The van der Waals surface area contributed by atoms with Crippen molar-refractivity contribution in [3.8, 4) is 0 Å². The lowest BCUT2D eigenvalue weighted by Gasteiger charge is -2.36. The van der Waals surface area contributed by atoms with Gasteiger partial charge in [0.15, 0.2) is 0 Å². The van der Waals surface area contributed by atoms with Crippen LogP contribution in [0.15, 0.2) is 24.3 Å². The Bertz CT molecular complexity index is 602. The van der Waals surface area contributed by atoms with Gasteiger partial charge in [-0.1, -0.05) is 32.0 Å². The zero-order chi connectivity index (χ0) is 18.4. The summed E-state index contributed by atoms with van der Waals surface area (Å²) in [6.07, 6.45) is 3.22. The maximum Gasteiger partial charge on any atom is 0.243 e. The molecule has 1 N–H and O–H groups in total. The first-order valence-electron chi connectivity index (χ1n) is 9.29. The molecule has 2 atom stereocenters. The Hall–Kier alpha value is -1.88. The molecule has 1 aliphatic rings. The lowest BCUT2D eigenvalue weighted by molar-refractivity contribution is -0.138. The molecule has 1 fully saturated rings. The molecule has 25 heavy (non-hydrogen) atoms. The molecule has 1 saturated heterocycles. The van der Waals surface area contributed by atoms with E-state index in [-0.39, 0.29) is 24.4 Å². The van der Waals surface area contributed by atoms with E-state index in [2.05, 4.69) is 24.1 Å². The molecular weight excluding hydrogens is 314 g/mol. The van der Waals surface area contributed by atoms with Crippen molar-refractivity contribution in [3.63, 3.8) is 0 Å². The van der Waals surface area contributed by atoms with Gasteiger partial charge < -0.3 is 10.2 Å². The molecule has 5 heteroatoms. The molecule has 0 saturated carbocycles.